The Bertz CT molecular complexity index is 744. The van der Waals surface area contributed by atoms with Gasteiger partial charge in [-0.3, -0.25) is 9.59 Å². The smallest absolute Gasteiger partial charge is 0.333 e. The van der Waals surface area contributed by atoms with Crippen molar-refractivity contribution in [2.45, 2.75) is 13.3 Å². The normalized spacial score (nSPS) is 10.1. The van der Waals surface area contributed by atoms with Crippen molar-refractivity contribution < 1.29 is 28.6 Å². The molecule has 27 heavy (non-hydrogen) atoms. The molecule has 0 fully saturated rings. The van der Waals surface area contributed by atoms with E-state index in [0.29, 0.717) is 11.5 Å². The standard InChI is InChI=1S/C21H20O6/c1-15(2)19(22)25-14-13-18(20(23)26-16-9-5-3-6-10-16)21(24)27-17-11-7-4-8-12-17/h3-12,18H,1,13-14H2,2H3. The molecule has 0 aliphatic heterocycles. The van der Waals surface area contributed by atoms with Crippen LogP contribution >= 0.6 is 0 Å². The van der Waals surface area contributed by atoms with Crippen LogP contribution in [0.25, 0.3) is 0 Å². The molecule has 2 rings (SSSR count). The second-order valence-electron chi connectivity index (χ2n) is 5.73. The van der Waals surface area contributed by atoms with E-state index in [4.69, 9.17) is 14.2 Å². The van der Waals surface area contributed by atoms with E-state index in [0.717, 1.165) is 0 Å². The third kappa shape index (κ3) is 6.43. The summed E-state index contributed by atoms with van der Waals surface area (Å²) in [7, 11) is 0. The van der Waals surface area contributed by atoms with E-state index in [2.05, 4.69) is 6.58 Å². The van der Waals surface area contributed by atoms with Gasteiger partial charge in [-0.2, -0.15) is 0 Å². The van der Waals surface area contributed by atoms with Gasteiger partial charge in [0.2, 0.25) is 0 Å². The van der Waals surface area contributed by atoms with Crippen LogP contribution in [0.1, 0.15) is 13.3 Å². The van der Waals surface area contributed by atoms with E-state index in [1.54, 1.807) is 60.7 Å². The Labute approximate surface area is 157 Å². The zero-order valence-electron chi connectivity index (χ0n) is 14.9. The average molecular weight is 368 g/mol. The largest absolute Gasteiger partial charge is 0.462 e. The fraction of sp³-hybridized carbons (Fsp3) is 0.190. The highest BCUT2D eigenvalue weighted by molar-refractivity contribution is 5.96. The molecule has 0 bridgehead atoms. The van der Waals surface area contributed by atoms with Crippen molar-refractivity contribution in [1.29, 1.82) is 0 Å². The van der Waals surface area contributed by atoms with Crippen molar-refractivity contribution in [1.82, 2.24) is 0 Å². The summed E-state index contributed by atoms with van der Waals surface area (Å²) in [6.45, 7) is 4.84. The first kappa shape index (κ1) is 19.9. The van der Waals surface area contributed by atoms with Crippen LogP contribution in [0.2, 0.25) is 0 Å². The van der Waals surface area contributed by atoms with Gasteiger partial charge in [-0.05, 0) is 31.2 Å². The number of rotatable bonds is 8. The highest BCUT2D eigenvalue weighted by Crippen LogP contribution is 2.17. The molecule has 0 aliphatic carbocycles. The van der Waals surface area contributed by atoms with Gasteiger partial charge in [-0.25, -0.2) is 4.79 Å². The lowest BCUT2D eigenvalue weighted by atomic mass is 10.1. The summed E-state index contributed by atoms with van der Waals surface area (Å²) in [5.74, 6) is -2.80. The van der Waals surface area contributed by atoms with Crippen molar-refractivity contribution in [3.63, 3.8) is 0 Å². The lowest BCUT2D eigenvalue weighted by molar-refractivity contribution is -0.154. The van der Waals surface area contributed by atoms with Gasteiger partial charge in [0.05, 0.1) is 6.61 Å². The van der Waals surface area contributed by atoms with Crippen molar-refractivity contribution in [2.24, 2.45) is 5.92 Å². The summed E-state index contributed by atoms with van der Waals surface area (Å²) in [5, 5.41) is 0. The molecule has 140 valence electrons. The van der Waals surface area contributed by atoms with Gasteiger partial charge in [0.15, 0.2) is 5.92 Å². The topological polar surface area (TPSA) is 78.9 Å². The molecule has 0 saturated heterocycles. The fourth-order valence-corrected chi connectivity index (χ4v) is 2.08. The minimum atomic E-state index is -1.25. The molecule has 0 aliphatic rings. The molecule has 0 N–H and O–H groups in total. The van der Waals surface area contributed by atoms with Crippen molar-refractivity contribution >= 4 is 17.9 Å². The molecule has 0 heterocycles. The van der Waals surface area contributed by atoms with Crippen molar-refractivity contribution in [3.05, 3.63) is 72.8 Å². The van der Waals surface area contributed by atoms with E-state index >= 15 is 0 Å². The molecule has 0 aromatic heterocycles. The fourth-order valence-electron chi connectivity index (χ4n) is 2.08. The number of carbonyl (C=O) groups excluding carboxylic acids is 3. The van der Waals surface area contributed by atoms with Gasteiger partial charge in [-0.1, -0.05) is 43.0 Å². The van der Waals surface area contributed by atoms with Crippen LogP contribution < -0.4 is 9.47 Å². The van der Waals surface area contributed by atoms with Crippen LogP contribution in [-0.2, 0) is 19.1 Å². The summed E-state index contributed by atoms with van der Waals surface area (Å²) in [6, 6.07) is 16.7. The van der Waals surface area contributed by atoms with Crippen molar-refractivity contribution in [3.8, 4) is 11.5 Å². The van der Waals surface area contributed by atoms with Gasteiger partial charge in [0.25, 0.3) is 0 Å². The maximum atomic E-state index is 12.5. The molecular weight excluding hydrogens is 348 g/mol. The Morgan fingerprint density at radius 2 is 1.30 bits per heavy atom. The van der Waals surface area contributed by atoms with E-state index in [1.165, 1.54) is 6.92 Å². The number of hydrogen-bond donors (Lipinski definition) is 0. The summed E-state index contributed by atoms with van der Waals surface area (Å²) in [6.07, 6.45) is -0.0731. The second kappa shape index (κ2) is 9.91. The predicted molar refractivity (Wildman–Crippen MR) is 98.0 cm³/mol. The van der Waals surface area contributed by atoms with E-state index in [1.807, 2.05) is 0 Å². The van der Waals surface area contributed by atoms with Gasteiger partial charge in [-0.15, -0.1) is 0 Å². The third-order valence-electron chi connectivity index (χ3n) is 3.48. The molecule has 0 radical (unpaired) electrons. The van der Waals surface area contributed by atoms with Gasteiger partial charge in [0, 0.05) is 12.0 Å². The minimum Gasteiger partial charge on any atom is -0.462 e. The third-order valence-corrected chi connectivity index (χ3v) is 3.48. The lowest BCUT2D eigenvalue weighted by Gasteiger charge is -2.15. The predicted octanol–water partition coefficient (Wildman–Crippen LogP) is 3.32. The first-order chi connectivity index (χ1) is 13.0. The van der Waals surface area contributed by atoms with Crippen LogP contribution in [0.4, 0.5) is 0 Å². The SMILES string of the molecule is C=C(C)C(=O)OCCC(C(=O)Oc1ccccc1)C(=O)Oc1ccccc1. The molecule has 2 aromatic rings. The number of esters is 3. The quantitative estimate of drug-likeness (QED) is 0.308. The number of benzene rings is 2. The zero-order valence-corrected chi connectivity index (χ0v) is 14.9. The highest BCUT2D eigenvalue weighted by atomic mass is 16.6. The van der Waals surface area contributed by atoms with Crippen LogP contribution in [-0.4, -0.2) is 24.5 Å². The first-order valence-electron chi connectivity index (χ1n) is 8.33. The number of hydrogen-bond acceptors (Lipinski definition) is 6. The number of carbonyl (C=O) groups is 3. The molecule has 2 aromatic carbocycles. The van der Waals surface area contributed by atoms with E-state index < -0.39 is 23.8 Å². The minimum absolute atomic E-state index is 0.0731. The first-order valence-corrected chi connectivity index (χ1v) is 8.33. The van der Waals surface area contributed by atoms with Crippen LogP contribution in [0, 0.1) is 5.92 Å². The van der Waals surface area contributed by atoms with Gasteiger partial charge >= 0.3 is 17.9 Å². The zero-order chi connectivity index (χ0) is 19.6. The molecule has 0 amide bonds. The summed E-state index contributed by atoms with van der Waals surface area (Å²) < 4.78 is 15.5. The Morgan fingerprint density at radius 1 is 0.852 bits per heavy atom. The highest BCUT2D eigenvalue weighted by Gasteiger charge is 2.31. The monoisotopic (exact) mass is 368 g/mol. The Balaban J connectivity index is 2.06. The average Bonchev–Trinajstić information content (AvgIpc) is 2.66. The maximum absolute atomic E-state index is 12.5. The summed E-state index contributed by atoms with van der Waals surface area (Å²) in [5.41, 5.74) is 0.227. The maximum Gasteiger partial charge on any atom is 0.333 e. The Morgan fingerprint density at radius 3 is 1.70 bits per heavy atom. The molecule has 0 spiro atoms. The molecule has 0 saturated carbocycles. The van der Waals surface area contributed by atoms with E-state index in [9.17, 15) is 14.4 Å². The molecular formula is C21H20O6. The van der Waals surface area contributed by atoms with Crippen LogP contribution in [0.15, 0.2) is 72.8 Å². The molecule has 6 nitrogen and oxygen atoms in total. The molecule has 0 atom stereocenters. The molecule has 0 unspecified atom stereocenters. The Kier molecular flexibility index (Phi) is 7.31. The van der Waals surface area contributed by atoms with Gasteiger partial charge < -0.3 is 14.2 Å². The second-order valence-corrected chi connectivity index (χ2v) is 5.73. The summed E-state index contributed by atoms with van der Waals surface area (Å²) in [4.78, 5) is 36.4. The number of ether oxygens (including phenoxy) is 3. The number of para-hydroxylation sites is 2. The van der Waals surface area contributed by atoms with Crippen LogP contribution in [0.5, 0.6) is 11.5 Å². The molecule has 6 heteroatoms. The van der Waals surface area contributed by atoms with Crippen molar-refractivity contribution in [2.75, 3.05) is 6.61 Å². The van der Waals surface area contributed by atoms with Gasteiger partial charge in [0.1, 0.15) is 11.5 Å². The summed E-state index contributed by atoms with van der Waals surface area (Å²) >= 11 is 0. The van der Waals surface area contributed by atoms with Crippen LogP contribution in [0.3, 0.4) is 0 Å². The lowest BCUT2D eigenvalue weighted by Crippen LogP contribution is -2.32. The van der Waals surface area contributed by atoms with E-state index in [-0.39, 0.29) is 18.6 Å². The Hall–Kier alpha value is -3.41.